The van der Waals surface area contributed by atoms with E-state index in [4.69, 9.17) is 4.74 Å². The number of Topliss-reactive ketones (excluding diaryl/α,β-unsaturated/α-hetero) is 1. The molecule has 3 nitrogen and oxygen atoms in total. The summed E-state index contributed by atoms with van der Waals surface area (Å²) in [5.41, 5.74) is 1.97. The van der Waals surface area contributed by atoms with E-state index in [0.29, 0.717) is 12.8 Å². The average molecular weight is 243 g/mol. The summed E-state index contributed by atoms with van der Waals surface area (Å²) in [4.78, 5) is 16.2. The van der Waals surface area contributed by atoms with Crippen LogP contribution < -0.4 is 0 Å². The molecule has 0 aliphatic rings. The Labute approximate surface area is 107 Å². The molecule has 3 heteroatoms. The van der Waals surface area contributed by atoms with E-state index in [0.717, 1.165) is 16.5 Å². The van der Waals surface area contributed by atoms with Crippen molar-refractivity contribution in [1.29, 1.82) is 0 Å². The van der Waals surface area contributed by atoms with Crippen LogP contribution in [0.1, 0.15) is 18.9 Å². The highest BCUT2D eigenvalue weighted by atomic mass is 16.5. The van der Waals surface area contributed by atoms with E-state index >= 15 is 0 Å². The number of para-hydroxylation sites is 1. The molecule has 1 heterocycles. The van der Waals surface area contributed by atoms with Crippen LogP contribution in [0.3, 0.4) is 0 Å². The maximum atomic E-state index is 11.9. The Morgan fingerprint density at radius 1 is 1.33 bits per heavy atom. The average Bonchev–Trinajstić information content (AvgIpc) is 2.39. The Bertz CT molecular complexity index is 546. The maximum Gasteiger partial charge on any atom is 0.139 e. The number of carbonyl (C=O) groups excluding carboxylic acids is 1. The molecule has 1 unspecified atom stereocenters. The van der Waals surface area contributed by atoms with E-state index in [9.17, 15) is 4.79 Å². The largest absolute Gasteiger partial charge is 0.381 e. The van der Waals surface area contributed by atoms with Crippen LogP contribution in [0.25, 0.3) is 10.9 Å². The Kier molecular flexibility index (Phi) is 4.05. The molecule has 2 aromatic rings. The monoisotopic (exact) mass is 243 g/mol. The lowest BCUT2D eigenvalue weighted by atomic mass is 10.0. The highest BCUT2D eigenvalue weighted by Crippen LogP contribution is 2.17. The number of fused-ring (bicyclic) bond motifs is 1. The molecule has 0 aliphatic heterocycles. The minimum Gasteiger partial charge on any atom is -0.381 e. The number of hydrogen-bond donors (Lipinski definition) is 0. The van der Waals surface area contributed by atoms with Crippen LogP contribution in [0, 0.1) is 0 Å². The second-order valence-corrected chi connectivity index (χ2v) is 4.45. The molecule has 0 radical (unpaired) electrons. The molecule has 94 valence electrons. The Morgan fingerprint density at radius 3 is 2.89 bits per heavy atom. The smallest absolute Gasteiger partial charge is 0.139 e. The molecular formula is C15H17NO2. The number of carbonyl (C=O) groups is 1. The van der Waals surface area contributed by atoms with Gasteiger partial charge < -0.3 is 4.74 Å². The Morgan fingerprint density at radius 2 is 2.11 bits per heavy atom. The summed E-state index contributed by atoms with van der Waals surface area (Å²) < 4.78 is 5.11. The quantitative estimate of drug-likeness (QED) is 0.810. The van der Waals surface area contributed by atoms with Gasteiger partial charge in [-0.05, 0) is 24.6 Å². The van der Waals surface area contributed by atoms with Crippen LogP contribution in [-0.4, -0.2) is 24.0 Å². The Balaban J connectivity index is 2.19. The van der Waals surface area contributed by atoms with E-state index < -0.39 is 0 Å². The van der Waals surface area contributed by atoms with Crippen molar-refractivity contribution in [2.75, 3.05) is 7.11 Å². The number of pyridine rings is 1. The van der Waals surface area contributed by atoms with Crippen molar-refractivity contribution < 1.29 is 9.53 Å². The van der Waals surface area contributed by atoms with Crippen molar-refractivity contribution in [2.45, 2.75) is 25.9 Å². The zero-order valence-electron chi connectivity index (χ0n) is 10.7. The SMILES string of the molecule is COC(C)CC(=O)Cc1ccnc2ccccc12. The molecule has 0 saturated heterocycles. The van der Waals surface area contributed by atoms with Crippen molar-refractivity contribution >= 4 is 16.7 Å². The highest BCUT2D eigenvalue weighted by molar-refractivity contribution is 5.89. The lowest BCUT2D eigenvalue weighted by Gasteiger charge is -2.09. The first-order chi connectivity index (χ1) is 8.70. The Hall–Kier alpha value is -1.74. The summed E-state index contributed by atoms with van der Waals surface area (Å²) >= 11 is 0. The second-order valence-electron chi connectivity index (χ2n) is 4.45. The van der Waals surface area contributed by atoms with Gasteiger partial charge in [-0.3, -0.25) is 9.78 Å². The summed E-state index contributed by atoms with van der Waals surface area (Å²) in [5, 5.41) is 1.05. The van der Waals surface area contributed by atoms with Crippen molar-refractivity contribution in [1.82, 2.24) is 4.98 Å². The number of nitrogens with zero attached hydrogens (tertiary/aromatic N) is 1. The molecule has 0 saturated carbocycles. The third-order valence-corrected chi connectivity index (χ3v) is 3.04. The number of hydrogen-bond acceptors (Lipinski definition) is 3. The van der Waals surface area contributed by atoms with Gasteiger partial charge in [0.05, 0.1) is 11.6 Å². The van der Waals surface area contributed by atoms with Gasteiger partial charge in [0.15, 0.2) is 0 Å². The van der Waals surface area contributed by atoms with Gasteiger partial charge in [-0.2, -0.15) is 0 Å². The van der Waals surface area contributed by atoms with Crippen LogP contribution in [0.15, 0.2) is 36.5 Å². The van der Waals surface area contributed by atoms with E-state index in [1.807, 2.05) is 37.3 Å². The first-order valence-electron chi connectivity index (χ1n) is 6.08. The molecule has 0 aliphatic carbocycles. The number of ketones is 1. The van der Waals surface area contributed by atoms with Gasteiger partial charge in [0, 0.05) is 31.5 Å². The molecule has 1 aromatic heterocycles. The number of rotatable bonds is 5. The number of methoxy groups -OCH3 is 1. The molecule has 0 spiro atoms. The third-order valence-electron chi connectivity index (χ3n) is 3.04. The lowest BCUT2D eigenvalue weighted by molar-refractivity contribution is -0.120. The fraction of sp³-hybridized carbons (Fsp3) is 0.333. The molecule has 0 fully saturated rings. The topological polar surface area (TPSA) is 39.2 Å². The molecular weight excluding hydrogens is 226 g/mol. The number of benzene rings is 1. The zero-order valence-corrected chi connectivity index (χ0v) is 10.7. The van der Waals surface area contributed by atoms with Crippen molar-refractivity contribution in [3.8, 4) is 0 Å². The van der Waals surface area contributed by atoms with Crippen LogP contribution in [-0.2, 0) is 16.0 Å². The molecule has 1 atom stereocenters. The summed E-state index contributed by atoms with van der Waals surface area (Å²) in [6, 6.07) is 9.80. The van der Waals surface area contributed by atoms with Crippen molar-refractivity contribution in [3.63, 3.8) is 0 Å². The molecule has 2 rings (SSSR count). The summed E-state index contributed by atoms with van der Waals surface area (Å²) in [5.74, 6) is 0.195. The first kappa shape index (κ1) is 12.7. The summed E-state index contributed by atoms with van der Waals surface area (Å²) in [6.45, 7) is 1.91. The molecule has 18 heavy (non-hydrogen) atoms. The molecule has 0 bridgehead atoms. The van der Waals surface area contributed by atoms with Crippen molar-refractivity contribution in [2.24, 2.45) is 0 Å². The van der Waals surface area contributed by atoms with Crippen LogP contribution in [0.2, 0.25) is 0 Å². The predicted octanol–water partition coefficient (Wildman–Crippen LogP) is 2.77. The van der Waals surface area contributed by atoms with Gasteiger partial charge in [0.2, 0.25) is 0 Å². The zero-order chi connectivity index (χ0) is 13.0. The fourth-order valence-corrected chi connectivity index (χ4v) is 2.00. The third kappa shape index (κ3) is 2.93. The highest BCUT2D eigenvalue weighted by Gasteiger charge is 2.11. The minimum atomic E-state index is -0.0226. The number of aromatic nitrogens is 1. The molecule has 0 amide bonds. The molecule has 1 aromatic carbocycles. The van der Waals surface area contributed by atoms with E-state index in [1.165, 1.54) is 0 Å². The van der Waals surface area contributed by atoms with Gasteiger partial charge >= 0.3 is 0 Å². The van der Waals surface area contributed by atoms with E-state index in [1.54, 1.807) is 13.3 Å². The van der Waals surface area contributed by atoms with Gasteiger partial charge in [-0.1, -0.05) is 18.2 Å². The maximum absolute atomic E-state index is 11.9. The summed E-state index contributed by atoms with van der Waals surface area (Å²) in [7, 11) is 1.62. The standard InChI is InChI=1S/C15H17NO2/c1-11(18-2)9-13(17)10-12-7-8-16-15-6-4-3-5-14(12)15/h3-8,11H,9-10H2,1-2H3. The van der Waals surface area contributed by atoms with Gasteiger partial charge in [-0.25, -0.2) is 0 Å². The number of ether oxygens (including phenoxy) is 1. The van der Waals surface area contributed by atoms with Crippen LogP contribution in [0.5, 0.6) is 0 Å². The van der Waals surface area contributed by atoms with Crippen LogP contribution >= 0.6 is 0 Å². The minimum absolute atomic E-state index is 0.0226. The van der Waals surface area contributed by atoms with E-state index in [2.05, 4.69) is 4.98 Å². The van der Waals surface area contributed by atoms with Gasteiger partial charge in [0.25, 0.3) is 0 Å². The normalized spacial score (nSPS) is 12.6. The fourth-order valence-electron chi connectivity index (χ4n) is 2.00. The lowest BCUT2D eigenvalue weighted by Crippen LogP contribution is -2.14. The van der Waals surface area contributed by atoms with Gasteiger partial charge in [0.1, 0.15) is 5.78 Å². The van der Waals surface area contributed by atoms with Crippen molar-refractivity contribution in [3.05, 3.63) is 42.1 Å². The van der Waals surface area contributed by atoms with Gasteiger partial charge in [-0.15, -0.1) is 0 Å². The summed E-state index contributed by atoms with van der Waals surface area (Å²) in [6.07, 6.45) is 2.62. The molecule has 0 N–H and O–H groups in total. The second kappa shape index (κ2) is 5.74. The first-order valence-corrected chi connectivity index (χ1v) is 6.08. The predicted molar refractivity (Wildman–Crippen MR) is 71.5 cm³/mol. The van der Waals surface area contributed by atoms with Crippen LogP contribution in [0.4, 0.5) is 0 Å². The van der Waals surface area contributed by atoms with E-state index in [-0.39, 0.29) is 11.9 Å².